The Morgan fingerprint density at radius 3 is 2.45 bits per heavy atom. The molecule has 0 radical (unpaired) electrons. The van der Waals surface area contributed by atoms with Crippen LogP contribution in [0, 0.1) is 5.92 Å². The Bertz CT molecular complexity index is 997. The average Bonchev–Trinajstić information content (AvgIpc) is 3.22. The summed E-state index contributed by atoms with van der Waals surface area (Å²) in [5, 5.41) is 2.11. The molecular weight excluding hydrogens is 362 g/mol. The van der Waals surface area contributed by atoms with Crippen LogP contribution in [0.4, 0.5) is 0 Å². The number of hydrogen-bond acceptors (Lipinski definition) is 3. The normalized spacial score (nSPS) is 16.5. The van der Waals surface area contributed by atoms with E-state index in [0.717, 1.165) is 52.5 Å². The third kappa shape index (κ3) is 4.04. The van der Waals surface area contributed by atoms with Crippen molar-refractivity contribution >= 4 is 16.7 Å². The summed E-state index contributed by atoms with van der Waals surface area (Å²) in [5.41, 5.74) is 4.20. The Hall–Kier alpha value is -2.69. The van der Waals surface area contributed by atoms with Gasteiger partial charge in [-0.1, -0.05) is 54.6 Å². The number of methoxy groups -OCH3 is 2. The molecule has 1 fully saturated rings. The second-order valence-electron chi connectivity index (χ2n) is 7.70. The fraction of sp³-hybridized carbons (Fsp3) is 0.320. The third-order valence-corrected chi connectivity index (χ3v) is 5.71. The van der Waals surface area contributed by atoms with Gasteiger partial charge in [0.15, 0.2) is 0 Å². The van der Waals surface area contributed by atoms with Gasteiger partial charge in [0.1, 0.15) is 0 Å². The smallest absolute Gasteiger partial charge is 0.254 e. The highest BCUT2D eigenvalue weighted by molar-refractivity contribution is 6.11. The fourth-order valence-electron chi connectivity index (χ4n) is 4.24. The van der Waals surface area contributed by atoms with E-state index in [4.69, 9.17) is 9.47 Å². The van der Waals surface area contributed by atoms with E-state index in [0.29, 0.717) is 19.1 Å². The van der Waals surface area contributed by atoms with E-state index in [9.17, 15) is 4.79 Å². The summed E-state index contributed by atoms with van der Waals surface area (Å²) < 4.78 is 10.5. The summed E-state index contributed by atoms with van der Waals surface area (Å²) >= 11 is 0. The average molecular weight is 389 g/mol. The number of ether oxygens (including phenoxy) is 2. The lowest BCUT2D eigenvalue weighted by atomic mass is 9.94. The maximum atomic E-state index is 13.2. The molecule has 1 aliphatic rings. The lowest BCUT2D eigenvalue weighted by Crippen LogP contribution is -2.29. The molecule has 0 aromatic heterocycles. The van der Waals surface area contributed by atoms with Crippen LogP contribution in [-0.4, -0.2) is 44.7 Å². The van der Waals surface area contributed by atoms with Crippen LogP contribution in [0.1, 0.15) is 22.3 Å². The van der Waals surface area contributed by atoms with E-state index in [2.05, 4.69) is 36.4 Å². The molecule has 1 atom stereocenters. The molecule has 3 aromatic rings. The first-order valence-electron chi connectivity index (χ1n) is 10.1. The van der Waals surface area contributed by atoms with Crippen molar-refractivity contribution < 1.29 is 14.3 Å². The summed E-state index contributed by atoms with van der Waals surface area (Å²) in [6.45, 7) is 2.88. The van der Waals surface area contributed by atoms with Gasteiger partial charge < -0.3 is 14.4 Å². The molecule has 4 heteroatoms. The number of nitrogens with zero attached hydrogens (tertiary/aromatic N) is 1. The number of rotatable bonds is 6. The van der Waals surface area contributed by atoms with Crippen LogP contribution in [0.5, 0.6) is 0 Å². The van der Waals surface area contributed by atoms with Crippen molar-refractivity contribution in [3.63, 3.8) is 0 Å². The molecule has 29 heavy (non-hydrogen) atoms. The second kappa shape index (κ2) is 8.76. The highest BCUT2D eigenvalue weighted by Gasteiger charge is 2.28. The first-order valence-corrected chi connectivity index (χ1v) is 10.1. The van der Waals surface area contributed by atoms with Crippen molar-refractivity contribution in [2.45, 2.75) is 13.0 Å². The van der Waals surface area contributed by atoms with Crippen molar-refractivity contribution in [3.05, 3.63) is 71.8 Å². The second-order valence-corrected chi connectivity index (χ2v) is 7.70. The van der Waals surface area contributed by atoms with Gasteiger partial charge in [0.05, 0.1) is 13.2 Å². The van der Waals surface area contributed by atoms with Crippen molar-refractivity contribution in [3.8, 4) is 11.1 Å². The van der Waals surface area contributed by atoms with Crippen molar-refractivity contribution in [2.75, 3.05) is 33.9 Å². The molecule has 0 saturated carbocycles. The van der Waals surface area contributed by atoms with Crippen LogP contribution in [0.25, 0.3) is 21.9 Å². The zero-order valence-corrected chi connectivity index (χ0v) is 17.1. The van der Waals surface area contributed by atoms with Gasteiger partial charge in [0.25, 0.3) is 5.91 Å². The largest absolute Gasteiger partial charge is 0.384 e. The molecule has 0 aliphatic carbocycles. The maximum absolute atomic E-state index is 13.2. The Kier molecular flexibility index (Phi) is 5.93. The Labute approximate surface area is 172 Å². The lowest BCUT2D eigenvalue weighted by molar-refractivity contribution is 0.0777. The van der Waals surface area contributed by atoms with Crippen LogP contribution in [0.3, 0.4) is 0 Å². The van der Waals surface area contributed by atoms with Gasteiger partial charge in [0.2, 0.25) is 0 Å². The van der Waals surface area contributed by atoms with E-state index in [1.165, 1.54) is 0 Å². The van der Waals surface area contributed by atoms with E-state index >= 15 is 0 Å². The Morgan fingerprint density at radius 2 is 1.72 bits per heavy atom. The number of fused-ring (bicyclic) bond motifs is 1. The summed E-state index contributed by atoms with van der Waals surface area (Å²) in [6, 6.07) is 20.7. The number of benzene rings is 3. The van der Waals surface area contributed by atoms with Gasteiger partial charge in [-0.05, 0) is 39.9 Å². The highest BCUT2D eigenvalue weighted by Crippen LogP contribution is 2.32. The van der Waals surface area contributed by atoms with Crippen LogP contribution in [0.15, 0.2) is 60.7 Å². The van der Waals surface area contributed by atoms with Crippen molar-refractivity contribution in [1.82, 2.24) is 4.90 Å². The first-order chi connectivity index (χ1) is 14.2. The number of carbonyl (C=O) groups excluding carboxylic acids is 1. The molecular formula is C25H27NO3. The molecule has 1 unspecified atom stereocenters. The number of hydrogen-bond donors (Lipinski definition) is 0. The zero-order valence-electron chi connectivity index (χ0n) is 17.1. The molecule has 1 aliphatic heterocycles. The molecule has 0 spiro atoms. The van der Waals surface area contributed by atoms with Crippen LogP contribution in [0.2, 0.25) is 0 Å². The first kappa shape index (κ1) is 19.6. The summed E-state index contributed by atoms with van der Waals surface area (Å²) in [5.74, 6) is 0.543. The third-order valence-electron chi connectivity index (χ3n) is 5.71. The SMILES string of the molecule is COCc1ccc(-c2ccc(C(=O)N3CCC(COC)C3)c3ccccc23)cc1. The van der Waals surface area contributed by atoms with E-state index in [-0.39, 0.29) is 5.91 Å². The monoisotopic (exact) mass is 389 g/mol. The Balaban J connectivity index is 1.68. The summed E-state index contributed by atoms with van der Waals surface area (Å²) in [4.78, 5) is 15.2. The topological polar surface area (TPSA) is 38.8 Å². The molecule has 1 amide bonds. The molecule has 4 nitrogen and oxygen atoms in total. The van der Waals surface area contributed by atoms with Gasteiger partial charge >= 0.3 is 0 Å². The van der Waals surface area contributed by atoms with Gasteiger partial charge in [-0.25, -0.2) is 0 Å². The van der Waals surface area contributed by atoms with Crippen molar-refractivity contribution in [1.29, 1.82) is 0 Å². The van der Waals surface area contributed by atoms with Crippen LogP contribution < -0.4 is 0 Å². The van der Waals surface area contributed by atoms with E-state index in [1.807, 2.05) is 29.2 Å². The molecule has 150 valence electrons. The van der Waals surface area contributed by atoms with Crippen LogP contribution in [-0.2, 0) is 16.1 Å². The number of amides is 1. The predicted octanol–water partition coefficient (Wildman–Crippen LogP) is 4.76. The molecule has 1 heterocycles. The molecule has 0 N–H and O–H groups in total. The number of likely N-dealkylation sites (tertiary alicyclic amines) is 1. The van der Waals surface area contributed by atoms with Gasteiger partial charge in [-0.3, -0.25) is 4.79 Å². The molecule has 0 bridgehead atoms. The fourth-order valence-corrected chi connectivity index (χ4v) is 4.24. The van der Waals surface area contributed by atoms with Gasteiger partial charge in [0, 0.05) is 38.8 Å². The van der Waals surface area contributed by atoms with Crippen LogP contribution >= 0.6 is 0 Å². The maximum Gasteiger partial charge on any atom is 0.254 e. The van der Waals surface area contributed by atoms with E-state index in [1.54, 1.807) is 14.2 Å². The standard InChI is InChI=1S/C25H27NO3/c1-28-16-18-7-9-20(10-8-18)21-11-12-24(23-6-4-3-5-22(21)23)25(27)26-14-13-19(15-26)17-29-2/h3-12,19H,13-17H2,1-2H3. The lowest BCUT2D eigenvalue weighted by Gasteiger charge is -2.19. The van der Waals surface area contributed by atoms with Gasteiger partial charge in [-0.15, -0.1) is 0 Å². The highest BCUT2D eigenvalue weighted by atomic mass is 16.5. The minimum atomic E-state index is 0.113. The number of carbonyl (C=O) groups is 1. The van der Waals surface area contributed by atoms with Crippen molar-refractivity contribution in [2.24, 2.45) is 5.92 Å². The molecule has 1 saturated heterocycles. The molecule has 4 rings (SSSR count). The Morgan fingerprint density at radius 1 is 0.966 bits per heavy atom. The quantitative estimate of drug-likeness (QED) is 0.610. The predicted molar refractivity (Wildman–Crippen MR) is 116 cm³/mol. The minimum Gasteiger partial charge on any atom is -0.384 e. The zero-order chi connectivity index (χ0) is 20.2. The molecule has 3 aromatic carbocycles. The summed E-state index contributed by atoms with van der Waals surface area (Å²) in [7, 11) is 3.42. The minimum absolute atomic E-state index is 0.113. The van der Waals surface area contributed by atoms with E-state index < -0.39 is 0 Å². The summed E-state index contributed by atoms with van der Waals surface area (Å²) in [6.07, 6.45) is 1.00. The van der Waals surface area contributed by atoms with Gasteiger partial charge in [-0.2, -0.15) is 0 Å².